The second kappa shape index (κ2) is 4.84. The summed E-state index contributed by atoms with van der Waals surface area (Å²) < 4.78 is 27.0. The third-order valence-corrected chi connectivity index (χ3v) is 2.53. The van der Waals surface area contributed by atoms with Crippen molar-refractivity contribution in [2.24, 2.45) is 0 Å². The number of nitriles is 1. The van der Waals surface area contributed by atoms with Gasteiger partial charge >= 0.3 is 0 Å². The smallest absolute Gasteiger partial charge is 0.183 e. The normalized spacial score (nSPS) is 9.89. The van der Waals surface area contributed by atoms with Gasteiger partial charge in [0.2, 0.25) is 0 Å². The molecule has 0 saturated carbocycles. The lowest BCUT2D eigenvalue weighted by atomic mass is 10.2. The molecule has 0 aliphatic rings. The van der Waals surface area contributed by atoms with E-state index in [9.17, 15) is 8.78 Å². The standard InChI is InChI=1S/C14H10F2N2/c1-9-2-5-11(6-3-9)18-12-7-4-10(8-17)13(15)14(12)16/h2-7,18H,1H3. The Hall–Kier alpha value is -2.41. The number of rotatable bonds is 2. The summed E-state index contributed by atoms with van der Waals surface area (Å²) in [5.41, 5.74) is 1.44. The monoisotopic (exact) mass is 244 g/mol. The Balaban J connectivity index is 2.33. The number of nitrogens with zero attached hydrogens (tertiary/aromatic N) is 1. The molecule has 0 radical (unpaired) electrons. The van der Waals surface area contributed by atoms with Crippen LogP contribution in [0, 0.1) is 29.9 Å². The number of anilines is 2. The quantitative estimate of drug-likeness (QED) is 0.869. The molecule has 0 aliphatic heterocycles. The molecule has 0 unspecified atom stereocenters. The summed E-state index contributed by atoms with van der Waals surface area (Å²) in [4.78, 5) is 0. The molecular weight excluding hydrogens is 234 g/mol. The van der Waals surface area contributed by atoms with Crippen LogP contribution in [0.25, 0.3) is 0 Å². The van der Waals surface area contributed by atoms with Gasteiger partial charge in [-0.05, 0) is 31.2 Å². The summed E-state index contributed by atoms with van der Waals surface area (Å²) in [6, 6.07) is 11.4. The van der Waals surface area contributed by atoms with Gasteiger partial charge < -0.3 is 5.32 Å². The number of hydrogen-bond acceptors (Lipinski definition) is 2. The summed E-state index contributed by atoms with van der Waals surface area (Å²) in [6.07, 6.45) is 0. The maximum absolute atomic E-state index is 13.6. The highest BCUT2D eigenvalue weighted by molar-refractivity contribution is 5.61. The predicted octanol–water partition coefficient (Wildman–Crippen LogP) is 3.89. The Labute approximate surface area is 103 Å². The van der Waals surface area contributed by atoms with Crippen molar-refractivity contribution >= 4 is 11.4 Å². The Morgan fingerprint density at radius 1 is 1.00 bits per heavy atom. The van der Waals surface area contributed by atoms with Crippen molar-refractivity contribution in [3.63, 3.8) is 0 Å². The predicted molar refractivity (Wildman–Crippen MR) is 65.5 cm³/mol. The van der Waals surface area contributed by atoms with E-state index >= 15 is 0 Å². The second-order valence-electron chi connectivity index (χ2n) is 3.89. The summed E-state index contributed by atoms with van der Waals surface area (Å²) in [7, 11) is 0. The van der Waals surface area contributed by atoms with Crippen LogP contribution in [0.5, 0.6) is 0 Å². The van der Waals surface area contributed by atoms with E-state index in [1.54, 1.807) is 18.2 Å². The molecule has 2 nitrogen and oxygen atoms in total. The first-order chi connectivity index (χ1) is 8.61. The first kappa shape index (κ1) is 12.1. The first-order valence-corrected chi connectivity index (χ1v) is 5.33. The third kappa shape index (κ3) is 2.30. The van der Waals surface area contributed by atoms with Crippen molar-refractivity contribution in [3.05, 3.63) is 59.2 Å². The van der Waals surface area contributed by atoms with E-state index in [-0.39, 0.29) is 11.3 Å². The molecule has 2 aromatic rings. The van der Waals surface area contributed by atoms with Crippen molar-refractivity contribution in [2.75, 3.05) is 5.32 Å². The maximum atomic E-state index is 13.6. The molecule has 90 valence electrons. The van der Waals surface area contributed by atoms with E-state index < -0.39 is 11.6 Å². The minimum Gasteiger partial charge on any atom is -0.353 e. The molecule has 18 heavy (non-hydrogen) atoms. The lowest BCUT2D eigenvalue weighted by molar-refractivity contribution is 0.509. The third-order valence-electron chi connectivity index (χ3n) is 2.53. The fourth-order valence-electron chi connectivity index (χ4n) is 1.52. The van der Waals surface area contributed by atoms with Gasteiger partial charge in [0.05, 0.1) is 11.3 Å². The average Bonchev–Trinajstić information content (AvgIpc) is 2.38. The SMILES string of the molecule is Cc1ccc(Nc2ccc(C#N)c(F)c2F)cc1. The van der Waals surface area contributed by atoms with Crippen LogP contribution < -0.4 is 5.32 Å². The zero-order chi connectivity index (χ0) is 13.1. The summed E-state index contributed by atoms with van der Waals surface area (Å²) in [6.45, 7) is 1.94. The van der Waals surface area contributed by atoms with Gasteiger partial charge in [-0.3, -0.25) is 0 Å². The molecule has 0 fully saturated rings. The molecule has 0 atom stereocenters. The molecule has 0 heterocycles. The van der Waals surface area contributed by atoms with Gasteiger partial charge in [-0.1, -0.05) is 17.7 Å². The minimum atomic E-state index is -1.13. The average molecular weight is 244 g/mol. The summed E-state index contributed by atoms with van der Waals surface area (Å²) in [5, 5.41) is 11.3. The van der Waals surface area contributed by atoms with E-state index in [4.69, 9.17) is 5.26 Å². The van der Waals surface area contributed by atoms with Gasteiger partial charge in [-0.15, -0.1) is 0 Å². The Morgan fingerprint density at radius 2 is 1.67 bits per heavy atom. The van der Waals surface area contributed by atoms with Crippen LogP contribution in [0.4, 0.5) is 20.2 Å². The molecule has 0 saturated heterocycles. The van der Waals surface area contributed by atoms with Crippen molar-refractivity contribution in [1.29, 1.82) is 5.26 Å². The molecule has 4 heteroatoms. The lowest BCUT2D eigenvalue weighted by Crippen LogP contribution is -1.98. The molecule has 0 aliphatic carbocycles. The highest BCUT2D eigenvalue weighted by Gasteiger charge is 2.13. The molecule has 1 N–H and O–H groups in total. The topological polar surface area (TPSA) is 35.8 Å². The van der Waals surface area contributed by atoms with Crippen LogP contribution >= 0.6 is 0 Å². The van der Waals surface area contributed by atoms with Crippen LogP contribution in [0.2, 0.25) is 0 Å². The Bertz CT molecular complexity index is 613. The van der Waals surface area contributed by atoms with E-state index in [2.05, 4.69) is 5.32 Å². The number of aryl methyl sites for hydroxylation is 1. The minimum absolute atomic E-state index is 0.00959. The number of benzene rings is 2. The van der Waals surface area contributed by atoms with Crippen molar-refractivity contribution in [2.45, 2.75) is 6.92 Å². The molecule has 0 amide bonds. The number of hydrogen-bond donors (Lipinski definition) is 1. The van der Waals surface area contributed by atoms with Crippen LogP contribution in [0.3, 0.4) is 0 Å². The van der Waals surface area contributed by atoms with Gasteiger partial charge in [0.15, 0.2) is 11.6 Å². The van der Waals surface area contributed by atoms with Gasteiger partial charge in [-0.25, -0.2) is 8.78 Å². The first-order valence-electron chi connectivity index (χ1n) is 5.33. The van der Waals surface area contributed by atoms with Crippen LogP contribution in [-0.4, -0.2) is 0 Å². The fraction of sp³-hybridized carbons (Fsp3) is 0.0714. The van der Waals surface area contributed by atoms with E-state index in [0.717, 1.165) is 5.56 Å². The van der Waals surface area contributed by atoms with Crippen molar-refractivity contribution in [3.8, 4) is 6.07 Å². The van der Waals surface area contributed by atoms with Crippen LogP contribution in [0.15, 0.2) is 36.4 Å². The van der Waals surface area contributed by atoms with Crippen molar-refractivity contribution in [1.82, 2.24) is 0 Å². The fourth-order valence-corrected chi connectivity index (χ4v) is 1.52. The van der Waals surface area contributed by atoms with Crippen molar-refractivity contribution < 1.29 is 8.78 Å². The Kier molecular flexibility index (Phi) is 3.24. The van der Waals surface area contributed by atoms with E-state index in [0.29, 0.717) is 5.69 Å². The molecule has 2 rings (SSSR count). The zero-order valence-corrected chi connectivity index (χ0v) is 9.67. The highest BCUT2D eigenvalue weighted by Crippen LogP contribution is 2.23. The lowest BCUT2D eigenvalue weighted by Gasteiger charge is -2.08. The molecule has 0 spiro atoms. The van der Waals surface area contributed by atoms with Crippen LogP contribution in [-0.2, 0) is 0 Å². The van der Waals surface area contributed by atoms with Gasteiger partial charge in [0.25, 0.3) is 0 Å². The molecule has 0 bridgehead atoms. The van der Waals surface area contributed by atoms with E-state index in [1.807, 2.05) is 19.1 Å². The van der Waals surface area contributed by atoms with Gasteiger partial charge in [0.1, 0.15) is 6.07 Å². The summed E-state index contributed by atoms with van der Waals surface area (Å²) >= 11 is 0. The molecule has 2 aromatic carbocycles. The summed E-state index contributed by atoms with van der Waals surface area (Å²) in [5.74, 6) is -2.18. The van der Waals surface area contributed by atoms with Crippen LogP contribution in [0.1, 0.15) is 11.1 Å². The maximum Gasteiger partial charge on any atom is 0.183 e. The second-order valence-corrected chi connectivity index (χ2v) is 3.89. The Morgan fingerprint density at radius 3 is 2.28 bits per heavy atom. The van der Waals surface area contributed by atoms with E-state index in [1.165, 1.54) is 12.1 Å². The highest BCUT2D eigenvalue weighted by atomic mass is 19.2. The van der Waals surface area contributed by atoms with Gasteiger partial charge in [-0.2, -0.15) is 5.26 Å². The number of nitrogens with one attached hydrogen (secondary N) is 1. The molecular formula is C14H10F2N2. The molecule has 0 aromatic heterocycles. The largest absolute Gasteiger partial charge is 0.353 e. The van der Waals surface area contributed by atoms with Gasteiger partial charge in [0, 0.05) is 5.69 Å². The zero-order valence-electron chi connectivity index (χ0n) is 9.67. The number of halogens is 2.